The Labute approximate surface area is 135 Å². The Kier molecular flexibility index (Phi) is 4.00. The van der Waals surface area contributed by atoms with E-state index >= 15 is 0 Å². The van der Waals surface area contributed by atoms with Crippen molar-refractivity contribution in [2.45, 2.75) is 6.92 Å². The fourth-order valence-corrected chi connectivity index (χ4v) is 3.39. The molecule has 1 aromatic carbocycles. The zero-order valence-electron chi connectivity index (χ0n) is 12.6. The number of thiophene rings is 1. The molecule has 0 spiro atoms. The molecule has 0 saturated heterocycles. The fraction of sp³-hybridized carbons (Fsp3) is 0.176. The van der Waals surface area contributed by atoms with Crippen LogP contribution in [0.3, 0.4) is 0 Å². The van der Waals surface area contributed by atoms with Crippen molar-refractivity contribution in [3.63, 3.8) is 0 Å². The fourth-order valence-electron chi connectivity index (χ4n) is 2.58. The van der Waals surface area contributed by atoms with Gasteiger partial charge in [-0.2, -0.15) is 11.3 Å². The van der Waals surface area contributed by atoms with Gasteiger partial charge in [-0.15, -0.1) is 0 Å². The van der Waals surface area contributed by atoms with Crippen molar-refractivity contribution in [3.05, 3.63) is 56.9 Å². The van der Waals surface area contributed by atoms with Crippen molar-refractivity contribution < 1.29 is 13.9 Å². The van der Waals surface area contributed by atoms with E-state index in [-0.39, 0.29) is 23.7 Å². The summed E-state index contributed by atoms with van der Waals surface area (Å²) in [6.07, 6.45) is 0. The summed E-state index contributed by atoms with van der Waals surface area (Å²) >= 11 is 1.38. The molecule has 0 unspecified atom stereocenters. The van der Waals surface area contributed by atoms with Gasteiger partial charge in [-0.05, 0) is 30.0 Å². The van der Waals surface area contributed by atoms with Crippen molar-refractivity contribution in [2.75, 3.05) is 6.61 Å². The Morgan fingerprint density at radius 1 is 1.22 bits per heavy atom. The van der Waals surface area contributed by atoms with E-state index in [0.29, 0.717) is 21.9 Å². The molecule has 0 bridgehead atoms. The lowest BCUT2D eigenvalue weighted by molar-refractivity contribution is 0.0515. The topological polar surface area (TPSA) is 48.3 Å². The molecule has 0 amide bonds. The molecule has 0 fully saturated rings. The number of carbonyl (C=O) groups is 1. The van der Waals surface area contributed by atoms with E-state index in [0.717, 1.165) is 0 Å². The maximum Gasteiger partial charge on any atom is 0.355 e. The van der Waals surface area contributed by atoms with Gasteiger partial charge in [0.25, 0.3) is 5.56 Å². The summed E-state index contributed by atoms with van der Waals surface area (Å²) in [5.74, 6) is -0.933. The number of hydrogen-bond acceptors (Lipinski definition) is 4. The molecule has 3 aromatic rings. The minimum absolute atomic E-state index is 0.175. The van der Waals surface area contributed by atoms with E-state index < -0.39 is 5.97 Å². The Morgan fingerprint density at radius 2 is 1.87 bits per heavy atom. The predicted molar refractivity (Wildman–Crippen MR) is 88.4 cm³/mol. The molecule has 0 aliphatic heterocycles. The third-order valence-electron chi connectivity index (χ3n) is 3.64. The lowest BCUT2D eigenvalue weighted by atomic mass is 9.99. The minimum Gasteiger partial charge on any atom is -0.461 e. The number of esters is 1. The van der Waals surface area contributed by atoms with Crippen molar-refractivity contribution in [1.29, 1.82) is 0 Å². The van der Waals surface area contributed by atoms with E-state index in [9.17, 15) is 14.0 Å². The summed E-state index contributed by atoms with van der Waals surface area (Å²) in [5, 5.41) is 4.77. The molecule has 2 aromatic heterocycles. The summed E-state index contributed by atoms with van der Waals surface area (Å²) in [5.41, 5.74) is 1.17. The van der Waals surface area contributed by atoms with Crippen molar-refractivity contribution >= 4 is 28.1 Å². The van der Waals surface area contributed by atoms with Gasteiger partial charge in [-0.3, -0.25) is 4.79 Å². The maximum atomic E-state index is 13.2. The van der Waals surface area contributed by atoms with Crippen LogP contribution in [0.5, 0.6) is 0 Å². The van der Waals surface area contributed by atoms with E-state index in [1.165, 1.54) is 28.0 Å². The zero-order chi connectivity index (χ0) is 16.6. The number of ether oxygens (including phenoxy) is 1. The predicted octanol–water partition coefficient (Wildman–Crippen LogP) is 3.58. The van der Waals surface area contributed by atoms with Gasteiger partial charge in [-0.25, -0.2) is 9.18 Å². The van der Waals surface area contributed by atoms with Crippen LogP contribution in [0.15, 0.2) is 39.8 Å². The van der Waals surface area contributed by atoms with Crippen LogP contribution in [0.2, 0.25) is 0 Å². The van der Waals surface area contributed by atoms with E-state index in [1.807, 2.05) is 5.38 Å². The highest BCUT2D eigenvalue weighted by atomic mass is 32.1. The third-order valence-corrected chi connectivity index (χ3v) is 4.38. The molecule has 0 aliphatic carbocycles. The minimum atomic E-state index is -0.570. The molecule has 3 rings (SSSR count). The SMILES string of the molecule is CCOC(=O)c1c(-c2ccc(F)cc2)c2cscc2c(=O)n1C. The Balaban J connectivity index is 2.41. The molecule has 4 nitrogen and oxygen atoms in total. The van der Waals surface area contributed by atoms with Crippen LogP contribution in [-0.4, -0.2) is 17.1 Å². The Morgan fingerprint density at radius 3 is 2.52 bits per heavy atom. The Bertz CT molecular complexity index is 941. The molecule has 2 heterocycles. The number of hydrogen-bond donors (Lipinski definition) is 0. The molecule has 0 saturated carbocycles. The number of aromatic nitrogens is 1. The first kappa shape index (κ1) is 15.4. The molecule has 23 heavy (non-hydrogen) atoms. The highest BCUT2D eigenvalue weighted by molar-refractivity contribution is 7.09. The van der Waals surface area contributed by atoms with Crippen LogP contribution in [0.4, 0.5) is 4.39 Å². The summed E-state index contributed by atoms with van der Waals surface area (Å²) in [6.45, 7) is 1.91. The second-order valence-corrected chi connectivity index (χ2v) is 5.76. The van der Waals surface area contributed by atoms with Gasteiger partial charge in [0, 0.05) is 23.4 Å². The second-order valence-electron chi connectivity index (χ2n) is 5.01. The number of nitrogens with zero attached hydrogens (tertiary/aromatic N) is 1. The monoisotopic (exact) mass is 331 g/mol. The summed E-state index contributed by atoms with van der Waals surface area (Å²) in [4.78, 5) is 24.9. The van der Waals surface area contributed by atoms with Gasteiger partial charge >= 0.3 is 5.97 Å². The molecule has 0 radical (unpaired) electrons. The number of benzene rings is 1. The summed E-state index contributed by atoms with van der Waals surface area (Å²) in [6, 6.07) is 5.84. The number of carbonyl (C=O) groups excluding carboxylic acids is 1. The molecular weight excluding hydrogens is 317 g/mol. The van der Waals surface area contributed by atoms with E-state index in [4.69, 9.17) is 4.74 Å². The number of pyridine rings is 1. The number of halogens is 1. The summed E-state index contributed by atoms with van der Waals surface area (Å²) in [7, 11) is 1.54. The van der Waals surface area contributed by atoms with Gasteiger partial charge in [-0.1, -0.05) is 12.1 Å². The average Bonchev–Trinajstić information content (AvgIpc) is 3.01. The first-order chi connectivity index (χ1) is 11.0. The normalized spacial score (nSPS) is 10.9. The van der Waals surface area contributed by atoms with Gasteiger partial charge in [0.1, 0.15) is 11.5 Å². The van der Waals surface area contributed by atoms with Crippen LogP contribution >= 0.6 is 11.3 Å². The second kappa shape index (κ2) is 5.96. The first-order valence-corrected chi connectivity index (χ1v) is 8.00. The molecule has 118 valence electrons. The van der Waals surface area contributed by atoms with Crippen molar-refractivity contribution in [1.82, 2.24) is 4.57 Å². The van der Waals surface area contributed by atoms with E-state index in [2.05, 4.69) is 0 Å². The summed E-state index contributed by atoms with van der Waals surface area (Å²) < 4.78 is 19.6. The highest BCUT2D eigenvalue weighted by Crippen LogP contribution is 2.32. The Hall–Kier alpha value is -2.47. The van der Waals surface area contributed by atoms with Crippen LogP contribution in [0, 0.1) is 5.82 Å². The van der Waals surface area contributed by atoms with Crippen molar-refractivity contribution in [2.24, 2.45) is 7.05 Å². The smallest absolute Gasteiger partial charge is 0.355 e. The largest absolute Gasteiger partial charge is 0.461 e. The highest BCUT2D eigenvalue weighted by Gasteiger charge is 2.23. The van der Waals surface area contributed by atoms with Crippen molar-refractivity contribution in [3.8, 4) is 11.1 Å². The molecule has 6 heteroatoms. The van der Waals surface area contributed by atoms with Crippen LogP contribution in [0.25, 0.3) is 21.9 Å². The first-order valence-electron chi connectivity index (χ1n) is 7.06. The molecular formula is C17H14FNO3S. The maximum absolute atomic E-state index is 13.2. The third kappa shape index (κ3) is 2.55. The quantitative estimate of drug-likeness (QED) is 0.689. The zero-order valence-corrected chi connectivity index (χ0v) is 13.4. The van der Waals surface area contributed by atoms with E-state index in [1.54, 1.807) is 31.5 Å². The van der Waals surface area contributed by atoms with Crippen LogP contribution < -0.4 is 5.56 Å². The van der Waals surface area contributed by atoms with Gasteiger partial charge in [0.05, 0.1) is 12.0 Å². The average molecular weight is 331 g/mol. The molecule has 0 atom stereocenters. The molecule has 0 aliphatic rings. The number of rotatable bonds is 3. The standard InChI is InChI=1S/C17H14FNO3S/c1-3-22-17(21)15-14(10-4-6-11(18)7-5-10)12-8-23-9-13(12)16(20)19(15)2/h4-9H,3H2,1-2H3. The number of fused-ring (bicyclic) bond motifs is 1. The van der Waals surface area contributed by atoms with Gasteiger partial charge < -0.3 is 9.30 Å². The lowest BCUT2D eigenvalue weighted by Crippen LogP contribution is -2.25. The van der Waals surface area contributed by atoms with Crippen LogP contribution in [0.1, 0.15) is 17.4 Å². The lowest BCUT2D eigenvalue weighted by Gasteiger charge is -2.14. The molecule has 0 N–H and O–H groups in total. The van der Waals surface area contributed by atoms with Gasteiger partial charge in [0.15, 0.2) is 0 Å². The van der Waals surface area contributed by atoms with Gasteiger partial charge in [0.2, 0.25) is 0 Å². The van der Waals surface area contributed by atoms with Crippen LogP contribution in [-0.2, 0) is 11.8 Å².